The third-order valence-electron chi connectivity index (χ3n) is 1.84. The highest BCUT2D eigenvalue weighted by Crippen LogP contribution is 2.22. The third-order valence-corrected chi connectivity index (χ3v) is 4.19. The van der Waals surface area contributed by atoms with Gasteiger partial charge in [-0.25, -0.2) is 0 Å². The monoisotopic (exact) mass is 244 g/mol. The fourth-order valence-electron chi connectivity index (χ4n) is 1.04. The molecule has 0 amide bonds. The molecule has 0 bridgehead atoms. The highest BCUT2D eigenvalue weighted by Gasteiger charge is 2.04. The van der Waals surface area contributed by atoms with Crippen LogP contribution in [0.5, 0.6) is 5.75 Å². The minimum atomic E-state index is -0.692. The molecule has 1 rings (SSSR count). The van der Waals surface area contributed by atoms with E-state index < -0.39 is 8.80 Å². The zero-order valence-corrected chi connectivity index (χ0v) is 10.3. The van der Waals surface area contributed by atoms with Gasteiger partial charge in [-0.1, -0.05) is 24.3 Å². The summed E-state index contributed by atoms with van der Waals surface area (Å²) in [4.78, 5) is 0. The van der Waals surface area contributed by atoms with Crippen molar-refractivity contribution in [3.63, 3.8) is 0 Å². The molecular formula is C9H13BrOSi. The van der Waals surface area contributed by atoms with Crippen LogP contribution in [-0.2, 0) is 0 Å². The van der Waals surface area contributed by atoms with Gasteiger partial charge < -0.3 is 4.74 Å². The molecule has 0 fully saturated rings. The first-order valence-corrected chi connectivity index (χ1v) is 7.66. The molecule has 0 aliphatic rings. The van der Waals surface area contributed by atoms with Crippen LogP contribution in [0.4, 0.5) is 0 Å². The van der Waals surface area contributed by atoms with Crippen molar-refractivity contribution in [3.05, 3.63) is 22.7 Å². The average Bonchev–Trinajstić information content (AvgIpc) is 2.05. The Kier molecular flexibility index (Phi) is 3.35. The molecule has 0 saturated heterocycles. The number of methoxy groups -OCH3 is 1. The summed E-state index contributed by atoms with van der Waals surface area (Å²) in [6.07, 6.45) is 0. The van der Waals surface area contributed by atoms with Crippen LogP contribution in [0.15, 0.2) is 22.7 Å². The summed E-state index contributed by atoms with van der Waals surface area (Å²) in [5.74, 6) is 0.939. The van der Waals surface area contributed by atoms with Gasteiger partial charge in [-0.05, 0) is 28.1 Å². The van der Waals surface area contributed by atoms with Gasteiger partial charge in [-0.3, -0.25) is 0 Å². The Labute approximate surface area is 83.5 Å². The largest absolute Gasteiger partial charge is 0.496 e. The Morgan fingerprint density at radius 2 is 2.00 bits per heavy atom. The van der Waals surface area contributed by atoms with E-state index in [0.29, 0.717) is 0 Å². The second kappa shape index (κ2) is 4.10. The van der Waals surface area contributed by atoms with Crippen molar-refractivity contribution in [1.29, 1.82) is 0 Å². The standard InChI is InChI=1S/C9H13BrOSi/c1-11-9-6-7(12(2)3)4-5-8(9)10/h4-6,12H,1-3H3. The maximum absolute atomic E-state index is 5.21. The number of ether oxygens (including phenoxy) is 1. The van der Waals surface area contributed by atoms with E-state index in [1.54, 1.807) is 7.11 Å². The van der Waals surface area contributed by atoms with Crippen molar-refractivity contribution in [2.75, 3.05) is 7.11 Å². The predicted octanol–water partition coefficient (Wildman–Crippen LogP) is 2.15. The lowest BCUT2D eigenvalue weighted by Gasteiger charge is -2.07. The molecule has 0 radical (unpaired) electrons. The Balaban J connectivity index is 3.05. The number of hydrogen-bond donors (Lipinski definition) is 0. The van der Waals surface area contributed by atoms with E-state index in [1.807, 2.05) is 0 Å². The van der Waals surface area contributed by atoms with Crippen LogP contribution >= 0.6 is 15.9 Å². The summed E-state index contributed by atoms with van der Waals surface area (Å²) in [6.45, 7) is 4.62. The first kappa shape index (κ1) is 9.80. The van der Waals surface area contributed by atoms with Gasteiger partial charge in [0.1, 0.15) is 5.75 Å². The summed E-state index contributed by atoms with van der Waals surface area (Å²) < 4.78 is 6.24. The molecule has 0 aromatic heterocycles. The van der Waals surface area contributed by atoms with Crippen LogP contribution in [0.1, 0.15) is 0 Å². The summed E-state index contributed by atoms with van der Waals surface area (Å²) in [6, 6.07) is 6.35. The van der Waals surface area contributed by atoms with E-state index in [0.717, 1.165) is 10.2 Å². The van der Waals surface area contributed by atoms with Crippen molar-refractivity contribution in [1.82, 2.24) is 0 Å². The molecule has 0 N–H and O–H groups in total. The molecule has 0 spiro atoms. The molecule has 3 heteroatoms. The summed E-state index contributed by atoms with van der Waals surface area (Å²) in [5, 5.41) is 1.44. The normalized spacial score (nSPS) is 10.4. The molecule has 0 heterocycles. The van der Waals surface area contributed by atoms with E-state index in [2.05, 4.69) is 47.2 Å². The summed E-state index contributed by atoms with van der Waals surface area (Å²) >= 11 is 3.43. The maximum Gasteiger partial charge on any atom is 0.132 e. The highest BCUT2D eigenvalue weighted by molar-refractivity contribution is 9.10. The minimum Gasteiger partial charge on any atom is -0.496 e. The number of hydrogen-bond acceptors (Lipinski definition) is 1. The first-order valence-electron chi connectivity index (χ1n) is 3.98. The van der Waals surface area contributed by atoms with E-state index in [1.165, 1.54) is 5.19 Å². The van der Waals surface area contributed by atoms with Gasteiger partial charge in [-0.15, -0.1) is 0 Å². The lowest BCUT2D eigenvalue weighted by Crippen LogP contribution is -2.22. The summed E-state index contributed by atoms with van der Waals surface area (Å²) in [5.41, 5.74) is 0. The van der Waals surface area contributed by atoms with Crippen LogP contribution in [0.25, 0.3) is 0 Å². The lowest BCUT2D eigenvalue weighted by molar-refractivity contribution is 0.412. The van der Waals surface area contributed by atoms with E-state index in [-0.39, 0.29) is 0 Å². The molecule has 0 unspecified atom stereocenters. The Hall–Kier alpha value is -0.283. The van der Waals surface area contributed by atoms with Gasteiger partial charge in [0.2, 0.25) is 0 Å². The smallest absolute Gasteiger partial charge is 0.132 e. The molecule has 0 aliphatic heterocycles. The topological polar surface area (TPSA) is 9.23 Å². The van der Waals surface area contributed by atoms with Gasteiger partial charge in [0, 0.05) is 0 Å². The predicted molar refractivity (Wildman–Crippen MR) is 59.2 cm³/mol. The van der Waals surface area contributed by atoms with Gasteiger partial charge >= 0.3 is 0 Å². The van der Waals surface area contributed by atoms with Crippen LogP contribution in [0, 0.1) is 0 Å². The van der Waals surface area contributed by atoms with Gasteiger partial charge in [0.25, 0.3) is 0 Å². The molecule has 1 nitrogen and oxygen atoms in total. The molecular weight excluding hydrogens is 232 g/mol. The molecule has 66 valence electrons. The summed E-state index contributed by atoms with van der Waals surface area (Å²) in [7, 11) is 1.01. The van der Waals surface area contributed by atoms with Gasteiger partial charge in [0.05, 0.1) is 20.4 Å². The Morgan fingerprint density at radius 1 is 1.33 bits per heavy atom. The average molecular weight is 245 g/mol. The number of halogens is 1. The lowest BCUT2D eigenvalue weighted by atomic mass is 10.3. The van der Waals surface area contributed by atoms with Crippen LogP contribution in [-0.4, -0.2) is 15.9 Å². The molecule has 0 saturated carbocycles. The SMILES string of the molecule is COc1cc([SiH](C)C)ccc1Br. The number of benzene rings is 1. The van der Waals surface area contributed by atoms with E-state index in [4.69, 9.17) is 4.74 Å². The van der Waals surface area contributed by atoms with Crippen molar-refractivity contribution < 1.29 is 4.74 Å². The van der Waals surface area contributed by atoms with E-state index in [9.17, 15) is 0 Å². The molecule has 0 atom stereocenters. The zero-order chi connectivity index (χ0) is 9.14. The van der Waals surface area contributed by atoms with Crippen LogP contribution in [0.2, 0.25) is 13.1 Å². The van der Waals surface area contributed by atoms with Crippen molar-refractivity contribution >= 4 is 29.9 Å². The molecule has 0 aliphatic carbocycles. The van der Waals surface area contributed by atoms with Crippen molar-refractivity contribution in [2.24, 2.45) is 0 Å². The van der Waals surface area contributed by atoms with Crippen LogP contribution in [0.3, 0.4) is 0 Å². The van der Waals surface area contributed by atoms with Crippen LogP contribution < -0.4 is 9.92 Å². The Bertz CT molecular complexity index is 273. The fourth-order valence-corrected chi connectivity index (χ4v) is 2.41. The quantitative estimate of drug-likeness (QED) is 0.725. The van der Waals surface area contributed by atoms with Gasteiger partial charge in [0.15, 0.2) is 0 Å². The van der Waals surface area contributed by atoms with E-state index >= 15 is 0 Å². The second-order valence-electron chi connectivity index (χ2n) is 3.05. The minimum absolute atomic E-state index is 0.692. The first-order chi connectivity index (χ1) is 5.65. The highest BCUT2D eigenvalue weighted by atomic mass is 79.9. The third kappa shape index (κ3) is 2.11. The van der Waals surface area contributed by atoms with Crippen molar-refractivity contribution in [2.45, 2.75) is 13.1 Å². The molecule has 1 aromatic carbocycles. The Morgan fingerprint density at radius 3 is 2.50 bits per heavy atom. The maximum atomic E-state index is 5.21. The second-order valence-corrected chi connectivity index (χ2v) is 6.88. The molecule has 12 heavy (non-hydrogen) atoms. The zero-order valence-electron chi connectivity index (χ0n) is 7.60. The van der Waals surface area contributed by atoms with Crippen molar-refractivity contribution in [3.8, 4) is 5.75 Å². The fraction of sp³-hybridized carbons (Fsp3) is 0.333. The number of rotatable bonds is 2. The van der Waals surface area contributed by atoms with Gasteiger partial charge in [-0.2, -0.15) is 0 Å². The molecule has 1 aromatic rings.